The molecular formula is C21H23N3O5S. The first kappa shape index (κ1) is 21.5. The van der Waals surface area contributed by atoms with Crippen molar-refractivity contribution in [3.05, 3.63) is 51.8 Å². The minimum absolute atomic E-state index is 0.150. The van der Waals surface area contributed by atoms with Crippen LogP contribution in [0.5, 0.6) is 0 Å². The number of hydrogen-bond donors (Lipinski definition) is 1. The van der Waals surface area contributed by atoms with E-state index in [1.54, 1.807) is 57.3 Å². The molecule has 0 aliphatic carbocycles. The van der Waals surface area contributed by atoms with Crippen molar-refractivity contribution in [2.75, 3.05) is 11.9 Å². The van der Waals surface area contributed by atoms with E-state index in [4.69, 9.17) is 9.47 Å². The van der Waals surface area contributed by atoms with Crippen molar-refractivity contribution >= 4 is 39.8 Å². The molecule has 0 spiro atoms. The zero-order chi connectivity index (χ0) is 22.0. The number of ether oxygens (including phenoxy) is 2. The monoisotopic (exact) mass is 429 g/mol. The van der Waals surface area contributed by atoms with Gasteiger partial charge in [-0.15, -0.1) is 11.3 Å². The number of hydrogen-bond acceptors (Lipinski definition) is 7. The Hall–Kier alpha value is -3.20. The Morgan fingerprint density at radius 3 is 2.60 bits per heavy atom. The summed E-state index contributed by atoms with van der Waals surface area (Å²) in [7, 11) is 0. The topological polar surface area (TPSA) is 99.0 Å². The van der Waals surface area contributed by atoms with E-state index >= 15 is 0 Å². The second-order valence-electron chi connectivity index (χ2n) is 6.86. The molecule has 0 fully saturated rings. The van der Waals surface area contributed by atoms with Crippen molar-refractivity contribution in [3.63, 3.8) is 0 Å². The summed E-state index contributed by atoms with van der Waals surface area (Å²) >= 11 is 0.990. The maximum absolute atomic E-state index is 13.1. The predicted octanol–water partition coefficient (Wildman–Crippen LogP) is 4.01. The Labute approximate surface area is 177 Å². The van der Waals surface area contributed by atoms with E-state index in [0.29, 0.717) is 22.6 Å². The maximum Gasteiger partial charge on any atom is 0.348 e. The van der Waals surface area contributed by atoms with Crippen LogP contribution in [-0.2, 0) is 9.47 Å². The van der Waals surface area contributed by atoms with Crippen LogP contribution in [0.1, 0.15) is 62.5 Å². The van der Waals surface area contributed by atoms with Crippen LogP contribution in [0.4, 0.5) is 5.00 Å². The van der Waals surface area contributed by atoms with Gasteiger partial charge in [0.2, 0.25) is 0 Å². The van der Waals surface area contributed by atoms with Gasteiger partial charge in [-0.1, -0.05) is 6.07 Å². The van der Waals surface area contributed by atoms with Crippen LogP contribution in [0.15, 0.2) is 24.4 Å². The highest BCUT2D eigenvalue weighted by Gasteiger charge is 2.29. The molecule has 1 N–H and O–H groups in total. The summed E-state index contributed by atoms with van der Waals surface area (Å²) in [5, 5.41) is 3.00. The van der Waals surface area contributed by atoms with E-state index in [2.05, 4.69) is 10.3 Å². The Morgan fingerprint density at radius 2 is 1.93 bits per heavy atom. The molecule has 3 aromatic rings. The van der Waals surface area contributed by atoms with E-state index in [-0.39, 0.29) is 28.2 Å². The summed E-state index contributed by atoms with van der Waals surface area (Å²) in [6.07, 6.45) is 1.42. The van der Waals surface area contributed by atoms with Gasteiger partial charge in [0.25, 0.3) is 5.91 Å². The number of esters is 2. The van der Waals surface area contributed by atoms with Crippen molar-refractivity contribution in [2.24, 2.45) is 0 Å². The summed E-state index contributed by atoms with van der Waals surface area (Å²) < 4.78 is 12.1. The number of anilines is 1. The van der Waals surface area contributed by atoms with E-state index < -0.39 is 17.8 Å². The standard InChI is InChI=1S/C21H23N3O5S/c1-6-28-20(26)15-12(4)17(21(27)29-11(2)3)30-19(15)23-18(25)16-13(5)22-14-9-7-8-10-24(14)16/h7-11H,6H2,1-5H3,(H,23,25). The second kappa shape index (κ2) is 8.66. The van der Waals surface area contributed by atoms with Gasteiger partial charge in [0.05, 0.1) is 24.0 Å². The quantitative estimate of drug-likeness (QED) is 0.595. The molecule has 3 rings (SSSR count). The van der Waals surface area contributed by atoms with Gasteiger partial charge in [0.1, 0.15) is 21.2 Å². The molecule has 158 valence electrons. The number of aryl methyl sites for hydroxylation is 1. The lowest BCUT2D eigenvalue weighted by atomic mass is 10.1. The number of carbonyl (C=O) groups excluding carboxylic acids is 3. The molecule has 0 aliphatic rings. The fraction of sp³-hybridized carbons (Fsp3) is 0.333. The molecule has 0 atom stereocenters. The van der Waals surface area contributed by atoms with Gasteiger partial charge in [-0.25, -0.2) is 14.6 Å². The molecule has 0 bridgehead atoms. The first-order valence-electron chi connectivity index (χ1n) is 9.51. The molecule has 9 heteroatoms. The zero-order valence-corrected chi connectivity index (χ0v) is 18.3. The summed E-state index contributed by atoms with van der Waals surface area (Å²) in [5.74, 6) is -1.61. The molecule has 0 radical (unpaired) electrons. The molecule has 0 unspecified atom stereocenters. The minimum Gasteiger partial charge on any atom is -0.462 e. The molecule has 0 aromatic carbocycles. The predicted molar refractivity (Wildman–Crippen MR) is 113 cm³/mol. The smallest absolute Gasteiger partial charge is 0.348 e. The van der Waals surface area contributed by atoms with Crippen LogP contribution in [0.25, 0.3) is 5.65 Å². The lowest BCUT2D eigenvalue weighted by Gasteiger charge is -2.08. The zero-order valence-electron chi connectivity index (χ0n) is 17.4. The van der Waals surface area contributed by atoms with Crippen molar-refractivity contribution in [1.29, 1.82) is 0 Å². The van der Waals surface area contributed by atoms with Crippen LogP contribution >= 0.6 is 11.3 Å². The lowest BCUT2D eigenvalue weighted by Crippen LogP contribution is -2.17. The number of nitrogens with zero attached hydrogens (tertiary/aromatic N) is 2. The van der Waals surface area contributed by atoms with Gasteiger partial charge in [-0.2, -0.15) is 0 Å². The molecule has 8 nitrogen and oxygen atoms in total. The summed E-state index contributed by atoms with van der Waals surface area (Å²) in [4.78, 5) is 42.7. The Kier molecular flexibility index (Phi) is 6.21. The van der Waals surface area contributed by atoms with Gasteiger partial charge in [0.15, 0.2) is 0 Å². The minimum atomic E-state index is -0.611. The number of amides is 1. The van der Waals surface area contributed by atoms with Gasteiger partial charge in [-0.3, -0.25) is 9.20 Å². The number of imidazole rings is 1. The number of aromatic nitrogens is 2. The van der Waals surface area contributed by atoms with Crippen LogP contribution in [0, 0.1) is 13.8 Å². The number of thiophene rings is 1. The molecule has 30 heavy (non-hydrogen) atoms. The fourth-order valence-corrected chi connectivity index (χ4v) is 4.14. The average molecular weight is 429 g/mol. The number of rotatable bonds is 6. The highest BCUT2D eigenvalue weighted by atomic mass is 32.1. The first-order valence-corrected chi connectivity index (χ1v) is 10.3. The SMILES string of the molecule is CCOC(=O)c1c(NC(=O)c2c(C)nc3ccccn23)sc(C(=O)OC(C)C)c1C. The highest BCUT2D eigenvalue weighted by molar-refractivity contribution is 7.18. The van der Waals surface area contributed by atoms with Crippen LogP contribution in [-0.4, -0.2) is 39.9 Å². The number of fused-ring (bicyclic) bond motifs is 1. The molecule has 0 aliphatic heterocycles. The van der Waals surface area contributed by atoms with Gasteiger partial charge >= 0.3 is 11.9 Å². The highest BCUT2D eigenvalue weighted by Crippen LogP contribution is 2.35. The van der Waals surface area contributed by atoms with E-state index in [0.717, 1.165) is 11.3 Å². The Balaban J connectivity index is 2.03. The largest absolute Gasteiger partial charge is 0.462 e. The van der Waals surface area contributed by atoms with Crippen LogP contribution in [0.3, 0.4) is 0 Å². The number of pyridine rings is 1. The van der Waals surface area contributed by atoms with Gasteiger partial charge < -0.3 is 14.8 Å². The Morgan fingerprint density at radius 1 is 1.20 bits per heavy atom. The average Bonchev–Trinajstić information content (AvgIpc) is 3.17. The molecule has 0 saturated carbocycles. The van der Waals surface area contributed by atoms with E-state index in [1.165, 1.54) is 0 Å². The van der Waals surface area contributed by atoms with Crippen molar-refractivity contribution < 1.29 is 23.9 Å². The summed E-state index contributed by atoms with van der Waals surface area (Å²) in [6, 6.07) is 5.42. The first-order chi connectivity index (χ1) is 14.2. The Bertz CT molecular complexity index is 1130. The van der Waals surface area contributed by atoms with E-state index in [9.17, 15) is 14.4 Å². The maximum atomic E-state index is 13.1. The van der Waals surface area contributed by atoms with Gasteiger partial charge in [-0.05, 0) is 52.3 Å². The summed E-state index contributed by atoms with van der Waals surface area (Å²) in [5.41, 5.74) is 2.09. The second-order valence-corrected chi connectivity index (χ2v) is 7.88. The number of carbonyl (C=O) groups is 3. The van der Waals surface area contributed by atoms with Gasteiger partial charge in [0, 0.05) is 6.20 Å². The van der Waals surface area contributed by atoms with Crippen molar-refractivity contribution in [2.45, 2.75) is 40.7 Å². The van der Waals surface area contributed by atoms with Crippen molar-refractivity contribution in [3.8, 4) is 0 Å². The third-order valence-electron chi connectivity index (χ3n) is 4.30. The van der Waals surface area contributed by atoms with Crippen LogP contribution in [0.2, 0.25) is 0 Å². The molecule has 1 amide bonds. The molecular weight excluding hydrogens is 406 g/mol. The third-order valence-corrected chi connectivity index (χ3v) is 5.49. The lowest BCUT2D eigenvalue weighted by molar-refractivity contribution is 0.0383. The molecule has 0 saturated heterocycles. The van der Waals surface area contributed by atoms with Crippen LogP contribution < -0.4 is 5.32 Å². The fourth-order valence-electron chi connectivity index (χ4n) is 3.06. The van der Waals surface area contributed by atoms with Crippen molar-refractivity contribution in [1.82, 2.24) is 9.38 Å². The summed E-state index contributed by atoms with van der Waals surface area (Å²) in [6.45, 7) is 8.70. The van der Waals surface area contributed by atoms with E-state index in [1.807, 2.05) is 6.07 Å². The third kappa shape index (κ3) is 4.06. The normalized spacial score (nSPS) is 11.0. The molecule has 3 heterocycles. The number of nitrogens with one attached hydrogen (secondary N) is 1. The molecule has 3 aromatic heterocycles.